The van der Waals surface area contributed by atoms with Gasteiger partial charge in [-0.05, 0) is 6.92 Å². The smallest absolute Gasteiger partial charge is 0.357 e. The van der Waals surface area contributed by atoms with E-state index >= 15 is 0 Å². The van der Waals surface area contributed by atoms with Crippen LogP contribution < -0.4 is 15.8 Å². The number of hydrogen-bond acceptors (Lipinski definition) is 7. The number of carbonyl (C=O) groups is 1. The number of H-pyrrole nitrogens is 1. The average Bonchev–Trinajstić information content (AvgIpc) is 2.73. The monoisotopic (exact) mass is 465 g/mol. The Morgan fingerprint density at radius 2 is 1.66 bits per heavy atom. The Morgan fingerprint density at radius 1 is 1.06 bits per heavy atom. The van der Waals surface area contributed by atoms with Crippen molar-refractivity contribution < 1.29 is 31.1 Å². The molecule has 0 bridgehead atoms. The first-order valence-corrected chi connectivity index (χ1v) is 9.22. The van der Waals surface area contributed by atoms with Gasteiger partial charge in [-0.1, -0.05) is 0 Å². The second kappa shape index (κ2) is 8.63. The van der Waals surface area contributed by atoms with E-state index in [1.165, 1.54) is 11.8 Å². The van der Waals surface area contributed by atoms with E-state index in [0.29, 0.717) is 18.5 Å². The lowest BCUT2D eigenvalue weighted by molar-refractivity contribution is -0.139. The molecule has 1 fully saturated rings. The van der Waals surface area contributed by atoms with Crippen molar-refractivity contribution in [1.82, 2.24) is 25.1 Å². The minimum Gasteiger partial charge on any atom is -0.357 e. The number of halogens is 6. The number of nitrogens with zero attached hydrogens (tertiary/aromatic N) is 5. The molecule has 0 radical (unpaired) electrons. The normalized spacial score (nSPS) is 16.1. The molecule has 1 aliphatic rings. The molecule has 2 aromatic heterocycles. The highest BCUT2D eigenvalue weighted by atomic mass is 19.4. The molecule has 0 aromatic carbocycles. The molecule has 1 aliphatic heterocycles. The number of hydrogen-bond donors (Lipinski definition) is 2. The molecule has 15 heteroatoms. The molecule has 3 rings (SSSR count). The summed E-state index contributed by atoms with van der Waals surface area (Å²) < 4.78 is 76.4. The SMILES string of the molecule is C[C@@H](Nc1cc(C(F)(F)F)c(=O)[nH]n1)C(=O)N1CCN(c2ncc(C(F)(F)F)cn2)CC1. The number of anilines is 2. The second-order valence-corrected chi connectivity index (χ2v) is 6.94. The van der Waals surface area contributed by atoms with E-state index in [1.807, 2.05) is 0 Å². The maximum atomic E-state index is 12.9. The van der Waals surface area contributed by atoms with Crippen LogP contribution in [-0.2, 0) is 17.1 Å². The molecule has 1 saturated heterocycles. The third kappa shape index (κ3) is 5.26. The maximum Gasteiger partial charge on any atom is 0.421 e. The Balaban J connectivity index is 1.59. The largest absolute Gasteiger partial charge is 0.421 e. The first kappa shape index (κ1) is 23.3. The van der Waals surface area contributed by atoms with Crippen LogP contribution in [0.15, 0.2) is 23.3 Å². The fraction of sp³-hybridized carbons (Fsp3) is 0.471. The fourth-order valence-electron chi connectivity index (χ4n) is 3.01. The van der Waals surface area contributed by atoms with Crippen LogP contribution in [0.3, 0.4) is 0 Å². The third-order valence-corrected chi connectivity index (χ3v) is 4.68. The highest BCUT2D eigenvalue weighted by molar-refractivity contribution is 5.84. The number of piperazine rings is 1. The zero-order chi connectivity index (χ0) is 23.7. The van der Waals surface area contributed by atoms with Gasteiger partial charge in [-0.15, -0.1) is 0 Å². The summed E-state index contributed by atoms with van der Waals surface area (Å²) in [4.78, 5) is 34.4. The van der Waals surface area contributed by atoms with Gasteiger partial charge >= 0.3 is 12.4 Å². The van der Waals surface area contributed by atoms with E-state index in [9.17, 15) is 35.9 Å². The Morgan fingerprint density at radius 3 is 2.19 bits per heavy atom. The molecule has 3 heterocycles. The minimum atomic E-state index is -4.88. The Kier molecular flexibility index (Phi) is 6.27. The minimum absolute atomic E-state index is 0.0911. The van der Waals surface area contributed by atoms with Gasteiger partial charge in [0.25, 0.3) is 5.56 Å². The molecule has 0 spiro atoms. The summed E-state index contributed by atoms with van der Waals surface area (Å²) in [5.41, 5.74) is -3.82. The molecule has 0 unspecified atom stereocenters. The number of nitrogens with one attached hydrogen (secondary N) is 2. The number of aromatic amines is 1. The van der Waals surface area contributed by atoms with Crippen LogP contribution in [0.2, 0.25) is 0 Å². The van der Waals surface area contributed by atoms with Gasteiger partial charge in [-0.25, -0.2) is 15.1 Å². The second-order valence-electron chi connectivity index (χ2n) is 6.94. The summed E-state index contributed by atoms with van der Waals surface area (Å²) in [6.07, 6.45) is -8.07. The highest BCUT2D eigenvalue weighted by Crippen LogP contribution is 2.29. The first-order valence-electron chi connectivity index (χ1n) is 9.22. The van der Waals surface area contributed by atoms with Crippen molar-refractivity contribution in [3.63, 3.8) is 0 Å². The number of carbonyl (C=O) groups excluding carboxylic acids is 1. The summed E-state index contributed by atoms with van der Waals surface area (Å²) in [5.74, 6) is -0.664. The van der Waals surface area contributed by atoms with E-state index in [-0.39, 0.29) is 37.9 Å². The molecule has 174 valence electrons. The predicted octanol–water partition coefficient (Wildman–Crippen LogP) is 1.75. The number of aromatic nitrogens is 4. The molecule has 9 nitrogen and oxygen atoms in total. The zero-order valence-corrected chi connectivity index (χ0v) is 16.5. The maximum absolute atomic E-state index is 12.9. The average molecular weight is 465 g/mol. The van der Waals surface area contributed by atoms with Crippen LogP contribution in [0, 0.1) is 0 Å². The summed E-state index contributed by atoms with van der Waals surface area (Å²) in [5, 5.41) is 7.73. The van der Waals surface area contributed by atoms with Crippen molar-refractivity contribution >= 4 is 17.7 Å². The van der Waals surface area contributed by atoms with Crippen molar-refractivity contribution in [2.24, 2.45) is 0 Å². The van der Waals surface area contributed by atoms with E-state index < -0.39 is 41.0 Å². The highest BCUT2D eigenvalue weighted by Gasteiger charge is 2.35. The van der Waals surface area contributed by atoms with Gasteiger partial charge in [0, 0.05) is 44.6 Å². The third-order valence-electron chi connectivity index (χ3n) is 4.68. The van der Waals surface area contributed by atoms with Crippen molar-refractivity contribution in [3.8, 4) is 0 Å². The van der Waals surface area contributed by atoms with Gasteiger partial charge in [0.15, 0.2) is 0 Å². The number of rotatable bonds is 4. The lowest BCUT2D eigenvalue weighted by Gasteiger charge is -2.36. The lowest BCUT2D eigenvalue weighted by Crippen LogP contribution is -2.52. The molecule has 0 saturated carbocycles. The standard InChI is InChI=1S/C17H17F6N7O2/c1-9(26-12-6-11(17(21,22)23)13(31)28-27-12)14(32)29-2-4-30(5-3-29)15-24-7-10(8-25-15)16(18,19)20/h6-9H,2-5H2,1H3,(H,26,27)(H,28,31)/t9-/m1/s1. The van der Waals surface area contributed by atoms with Crippen molar-refractivity contribution in [3.05, 3.63) is 39.9 Å². The molecule has 32 heavy (non-hydrogen) atoms. The van der Waals surface area contributed by atoms with E-state index in [1.54, 1.807) is 10.00 Å². The molecular weight excluding hydrogens is 448 g/mol. The van der Waals surface area contributed by atoms with Gasteiger partial charge in [0.1, 0.15) is 17.4 Å². The van der Waals surface area contributed by atoms with Crippen molar-refractivity contribution in [2.45, 2.75) is 25.3 Å². The molecule has 2 N–H and O–H groups in total. The van der Waals surface area contributed by atoms with Gasteiger partial charge in [0.2, 0.25) is 11.9 Å². The van der Waals surface area contributed by atoms with Gasteiger partial charge < -0.3 is 15.1 Å². The number of amides is 1. The van der Waals surface area contributed by atoms with Crippen LogP contribution in [-0.4, -0.2) is 63.2 Å². The van der Waals surface area contributed by atoms with Crippen molar-refractivity contribution in [1.29, 1.82) is 0 Å². The molecular formula is C17H17F6N7O2. The molecule has 1 atom stereocenters. The van der Waals surface area contributed by atoms with Crippen LogP contribution in [0.1, 0.15) is 18.1 Å². The number of alkyl halides is 6. The van der Waals surface area contributed by atoms with Gasteiger partial charge in [-0.3, -0.25) is 9.59 Å². The quantitative estimate of drug-likeness (QED) is 0.663. The predicted molar refractivity (Wildman–Crippen MR) is 98.8 cm³/mol. The van der Waals surface area contributed by atoms with E-state index in [0.717, 1.165) is 0 Å². The first-order chi connectivity index (χ1) is 14.9. The van der Waals surface area contributed by atoms with Crippen LogP contribution in [0.5, 0.6) is 0 Å². The fourth-order valence-corrected chi connectivity index (χ4v) is 3.01. The Bertz CT molecular complexity index is 1010. The summed E-state index contributed by atoms with van der Waals surface area (Å²) in [6.45, 7) is 2.32. The molecule has 2 aromatic rings. The van der Waals surface area contributed by atoms with E-state index in [4.69, 9.17) is 0 Å². The van der Waals surface area contributed by atoms with Crippen LogP contribution in [0.4, 0.5) is 38.1 Å². The Labute approximate surface area is 176 Å². The topological polar surface area (TPSA) is 107 Å². The van der Waals surface area contributed by atoms with Gasteiger partial charge in [0.05, 0.1) is 5.56 Å². The molecule has 1 amide bonds. The van der Waals surface area contributed by atoms with E-state index in [2.05, 4.69) is 20.4 Å². The Hall–Kier alpha value is -3.39. The van der Waals surface area contributed by atoms with Crippen LogP contribution >= 0.6 is 0 Å². The molecule has 0 aliphatic carbocycles. The van der Waals surface area contributed by atoms with Gasteiger partial charge in [-0.2, -0.15) is 31.4 Å². The lowest BCUT2D eigenvalue weighted by atomic mass is 10.2. The zero-order valence-electron chi connectivity index (χ0n) is 16.5. The van der Waals surface area contributed by atoms with Crippen LogP contribution in [0.25, 0.3) is 0 Å². The van der Waals surface area contributed by atoms with Crippen molar-refractivity contribution in [2.75, 3.05) is 36.4 Å². The summed E-state index contributed by atoms with van der Waals surface area (Å²) in [7, 11) is 0. The summed E-state index contributed by atoms with van der Waals surface area (Å²) in [6, 6.07) is -0.439. The summed E-state index contributed by atoms with van der Waals surface area (Å²) >= 11 is 0.